The van der Waals surface area contributed by atoms with Crippen LogP contribution in [0.2, 0.25) is 0 Å². The molecule has 7 heteroatoms. The van der Waals surface area contributed by atoms with E-state index in [0.717, 1.165) is 25.5 Å². The van der Waals surface area contributed by atoms with Crippen molar-refractivity contribution < 1.29 is 13.2 Å². The summed E-state index contributed by atoms with van der Waals surface area (Å²) < 4.78 is 24.9. The maximum atomic E-state index is 12.0. The minimum Gasteiger partial charge on any atom is -0.353 e. The molecular weight excluding hydrogens is 266 g/mol. The molecule has 19 heavy (non-hydrogen) atoms. The van der Waals surface area contributed by atoms with Crippen molar-refractivity contribution in [1.29, 1.82) is 0 Å². The third-order valence-electron chi connectivity index (χ3n) is 3.10. The highest BCUT2D eigenvalue weighted by Crippen LogP contribution is 2.12. The number of sulfonamides is 1. The van der Waals surface area contributed by atoms with Crippen molar-refractivity contribution in [3.8, 4) is 0 Å². The molecule has 0 aromatic rings. The second-order valence-electron chi connectivity index (χ2n) is 6.03. The fraction of sp³-hybridized carbons (Fsp3) is 0.917. The Morgan fingerprint density at radius 3 is 2.53 bits per heavy atom. The first-order valence-electron chi connectivity index (χ1n) is 6.62. The molecule has 112 valence electrons. The van der Waals surface area contributed by atoms with Gasteiger partial charge in [-0.1, -0.05) is 0 Å². The van der Waals surface area contributed by atoms with Gasteiger partial charge in [0.1, 0.15) is 0 Å². The quantitative estimate of drug-likeness (QED) is 0.663. The van der Waals surface area contributed by atoms with E-state index in [2.05, 4.69) is 22.3 Å². The molecule has 1 heterocycles. The van der Waals surface area contributed by atoms with Crippen LogP contribution in [0.5, 0.6) is 0 Å². The van der Waals surface area contributed by atoms with Crippen LogP contribution in [0.25, 0.3) is 0 Å². The van der Waals surface area contributed by atoms with Crippen molar-refractivity contribution in [3.05, 3.63) is 0 Å². The number of hydrogen-bond donors (Lipinski definition) is 3. The number of hydrogen-bond acceptors (Lipinski definition) is 4. The summed E-state index contributed by atoms with van der Waals surface area (Å²) >= 11 is 0. The molecule has 6 nitrogen and oxygen atoms in total. The molecule has 1 rings (SSSR count). The third kappa shape index (κ3) is 6.35. The molecule has 2 atom stereocenters. The van der Waals surface area contributed by atoms with Crippen molar-refractivity contribution in [2.24, 2.45) is 0 Å². The average molecular weight is 291 g/mol. The highest BCUT2D eigenvalue weighted by atomic mass is 32.2. The highest BCUT2D eigenvalue weighted by molar-refractivity contribution is 7.88. The van der Waals surface area contributed by atoms with Crippen molar-refractivity contribution in [2.45, 2.75) is 57.7 Å². The average Bonchev–Trinajstić information content (AvgIpc) is 2.22. The minimum atomic E-state index is -3.28. The van der Waals surface area contributed by atoms with Gasteiger partial charge in [-0.15, -0.1) is 0 Å². The fourth-order valence-corrected chi connectivity index (χ4v) is 3.39. The van der Waals surface area contributed by atoms with E-state index in [4.69, 9.17) is 0 Å². The molecule has 0 spiro atoms. The summed E-state index contributed by atoms with van der Waals surface area (Å²) in [6, 6.07) is 0.185. The van der Waals surface area contributed by atoms with Crippen molar-refractivity contribution in [3.63, 3.8) is 0 Å². The third-order valence-corrected chi connectivity index (χ3v) is 4.02. The zero-order valence-corrected chi connectivity index (χ0v) is 12.9. The van der Waals surface area contributed by atoms with E-state index in [0.29, 0.717) is 6.04 Å². The van der Waals surface area contributed by atoms with Crippen LogP contribution in [-0.4, -0.2) is 44.7 Å². The minimum absolute atomic E-state index is 0.0603. The number of carbonyl (C=O) groups is 1. The summed E-state index contributed by atoms with van der Waals surface area (Å²) in [6.45, 7) is 5.82. The Kier molecular flexibility index (Phi) is 5.34. The molecule has 0 aromatic heterocycles. The second-order valence-corrected chi connectivity index (χ2v) is 7.78. The first kappa shape index (κ1) is 16.4. The molecule has 0 radical (unpaired) electrons. The smallest absolute Gasteiger partial charge is 0.237 e. The second kappa shape index (κ2) is 6.19. The molecule has 1 amide bonds. The Morgan fingerprint density at radius 2 is 2.00 bits per heavy atom. The lowest BCUT2D eigenvalue weighted by atomic mass is 9.98. The summed E-state index contributed by atoms with van der Waals surface area (Å²) in [5.41, 5.74) is -0.691. The number of piperidine rings is 1. The van der Waals surface area contributed by atoms with E-state index in [1.807, 2.05) is 0 Å². The Hall–Kier alpha value is -0.660. The Bertz CT molecular complexity index is 420. The van der Waals surface area contributed by atoms with Gasteiger partial charge in [0.05, 0.1) is 12.3 Å². The largest absolute Gasteiger partial charge is 0.353 e. The van der Waals surface area contributed by atoms with Crippen LogP contribution in [0.3, 0.4) is 0 Å². The van der Waals surface area contributed by atoms with E-state index < -0.39 is 15.6 Å². The van der Waals surface area contributed by atoms with Gasteiger partial charge in [0, 0.05) is 18.1 Å². The number of carbonyl (C=O) groups excluding carboxylic acids is 1. The van der Waals surface area contributed by atoms with Crippen molar-refractivity contribution >= 4 is 15.9 Å². The Morgan fingerprint density at radius 1 is 1.37 bits per heavy atom. The first-order chi connectivity index (χ1) is 8.59. The van der Waals surface area contributed by atoms with Crippen LogP contribution in [0.1, 0.15) is 40.0 Å². The number of nitrogens with one attached hydrogen (secondary N) is 3. The molecule has 1 aliphatic heterocycles. The number of amides is 1. The van der Waals surface area contributed by atoms with Crippen LogP contribution >= 0.6 is 0 Å². The monoisotopic (exact) mass is 291 g/mol. The van der Waals surface area contributed by atoms with Gasteiger partial charge in [0.2, 0.25) is 15.9 Å². The standard InChI is InChI=1S/C12H25N3O3S/c1-9-6-5-7-10(14-9)11(16)13-8-12(2,3)15-19(4,17)18/h9-10,14-15H,5-8H2,1-4H3,(H,13,16). The summed E-state index contributed by atoms with van der Waals surface area (Å²) in [4.78, 5) is 12.0. The van der Waals surface area contributed by atoms with E-state index in [1.54, 1.807) is 13.8 Å². The number of rotatable bonds is 5. The lowest BCUT2D eigenvalue weighted by molar-refractivity contribution is -0.124. The molecule has 0 saturated carbocycles. The lowest BCUT2D eigenvalue weighted by Crippen LogP contribution is -2.55. The van der Waals surface area contributed by atoms with Gasteiger partial charge < -0.3 is 10.6 Å². The maximum Gasteiger partial charge on any atom is 0.237 e. The van der Waals surface area contributed by atoms with Gasteiger partial charge in [-0.2, -0.15) is 0 Å². The molecular formula is C12H25N3O3S. The fourth-order valence-electron chi connectivity index (χ4n) is 2.31. The molecule has 0 aromatic carbocycles. The summed E-state index contributed by atoms with van der Waals surface area (Å²) in [5.74, 6) is -0.0603. The topological polar surface area (TPSA) is 87.3 Å². The van der Waals surface area contributed by atoms with Gasteiger partial charge >= 0.3 is 0 Å². The van der Waals surface area contributed by atoms with E-state index in [-0.39, 0.29) is 18.5 Å². The van der Waals surface area contributed by atoms with Gasteiger partial charge in [0.25, 0.3) is 0 Å². The predicted molar refractivity (Wildman–Crippen MR) is 75.3 cm³/mol. The molecule has 1 fully saturated rings. The molecule has 1 aliphatic rings. The zero-order valence-electron chi connectivity index (χ0n) is 12.1. The van der Waals surface area contributed by atoms with Crippen LogP contribution in [-0.2, 0) is 14.8 Å². The summed E-state index contributed by atoms with van der Waals surface area (Å²) in [6.07, 6.45) is 4.07. The molecule has 0 bridgehead atoms. The first-order valence-corrected chi connectivity index (χ1v) is 8.51. The zero-order chi connectivity index (χ0) is 14.7. The van der Waals surface area contributed by atoms with E-state index in [9.17, 15) is 13.2 Å². The molecule has 3 N–H and O–H groups in total. The van der Waals surface area contributed by atoms with Gasteiger partial charge in [-0.25, -0.2) is 13.1 Å². The van der Waals surface area contributed by atoms with Crippen LogP contribution in [0.4, 0.5) is 0 Å². The van der Waals surface area contributed by atoms with Crippen LogP contribution in [0, 0.1) is 0 Å². The maximum absolute atomic E-state index is 12.0. The summed E-state index contributed by atoms with van der Waals surface area (Å²) in [7, 11) is -3.28. The van der Waals surface area contributed by atoms with E-state index in [1.165, 1.54) is 0 Å². The Balaban J connectivity index is 2.45. The van der Waals surface area contributed by atoms with Gasteiger partial charge in [-0.05, 0) is 40.0 Å². The SMILES string of the molecule is CC1CCCC(C(=O)NCC(C)(C)NS(C)(=O)=O)N1. The lowest BCUT2D eigenvalue weighted by Gasteiger charge is -2.30. The van der Waals surface area contributed by atoms with Crippen molar-refractivity contribution in [1.82, 2.24) is 15.4 Å². The van der Waals surface area contributed by atoms with Gasteiger partial charge in [0.15, 0.2) is 0 Å². The highest BCUT2D eigenvalue weighted by Gasteiger charge is 2.27. The molecule has 1 saturated heterocycles. The van der Waals surface area contributed by atoms with Crippen molar-refractivity contribution in [2.75, 3.05) is 12.8 Å². The van der Waals surface area contributed by atoms with Crippen LogP contribution < -0.4 is 15.4 Å². The van der Waals surface area contributed by atoms with Gasteiger partial charge in [-0.3, -0.25) is 4.79 Å². The normalized spacial score (nSPS) is 25.1. The van der Waals surface area contributed by atoms with Crippen LogP contribution in [0.15, 0.2) is 0 Å². The summed E-state index contributed by atoms with van der Waals surface area (Å²) in [5, 5.41) is 6.06. The molecule has 2 unspecified atom stereocenters. The molecule has 0 aliphatic carbocycles. The Labute approximate surface area is 115 Å². The predicted octanol–water partition coefficient (Wildman–Crippen LogP) is -0.0390. The van der Waals surface area contributed by atoms with E-state index >= 15 is 0 Å².